The lowest BCUT2D eigenvalue weighted by atomic mass is 10.3. The average molecular weight is 267 g/mol. The van der Waals surface area contributed by atoms with Crippen molar-refractivity contribution in [3.8, 4) is 11.8 Å². The minimum atomic E-state index is -0.0349. The van der Waals surface area contributed by atoms with E-state index in [1.54, 1.807) is 31.3 Å². The van der Waals surface area contributed by atoms with Crippen molar-refractivity contribution in [1.29, 1.82) is 5.26 Å². The quantitative estimate of drug-likeness (QED) is 0.795. The lowest BCUT2D eigenvalue weighted by molar-refractivity contribution is -0.130. The first-order chi connectivity index (χ1) is 8.63. The number of nitrogens with zero attached hydrogens (tertiary/aromatic N) is 2. The third kappa shape index (κ3) is 5.07. The smallest absolute Gasteiger partial charge is 0.225 e. The Morgan fingerprint density at radius 3 is 3.00 bits per heavy atom. The van der Waals surface area contributed by atoms with Gasteiger partial charge in [-0.25, -0.2) is 0 Å². The first-order valence-electron chi connectivity index (χ1n) is 5.63. The average Bonchev–Trinajstić information content (AvgIpc) is 2.35. The summed E-state index contributed by atoms with van der Waals surface area (Å²) in [4.78, 5) is 13.1. The van der Waals surface area contributed by atoms with Crippen LogP contribution < -0.4 is 4.74 Å². The number of hydrogen-bond donors (Lipinski definition) is 0. The van der Waals surface area contributed by atoms with Crippen LogP contribution in [0.15, 0.2) is 24.3 Å². The van der Waals surface area contributed by atoms with E-state index < -0.39 is 0 Å². The molecule has 0 spiro atoms. The Labute approximate surface area is 112 Å². The Kier molecular flexibility index (Phi) is 6.03. The predicted molar refractivity (Wildman–Crippen MR) is 69.4 cm³/mol. The molecule has 0 heterocycles. The Hall–Kier alpha value is -1.73. The third-order valence-corrected chi connectivity index (χ3v) is 2.60. The molecule has 0 saturated heterocycles. The molecule has 1 amide bonds. The zero-order valence-electron chi connectivity index (χ0n) is 10.2. The molecule has 0 bridgehead atoms. The highest BCUT2D eigenvalue weighted by atomic mass is 35.5. The molecule has 0 radical (unpaired) electrons. The van der Waals surface area contributed by atoms with Crippen molar-refractivity contribution in [1.82, 2.24) is 4.90 Å². The van der Waals surface area contributed by atoms with Crippen LogP contribution in [0.5, 0.6) is 5.75 Å². The summed E-state index contributed by atoms with van der Waals surface area (Å²) in [6, 6.07) is 9.04. The molecule has 18 heavy (non-hydrogen) atoms. The Balaban J connectivity index is 2.29. The minimum absolute atomic E-state index is 0.0349. The molecule has 0 unspecified atom stereocenters. The molecule has 0 N–H and O–H groups in total. The maximum Gasteiger partial charge on any atom is 0.225 e. The summed E-state index contributed by atoms with van der Waals surface area (Å²) in [6.45, 7) is 0.753. The van der Waals surface area contributed by atoms with Gasteiger partial charge < -0.3 is 9.64 Å². The summed E-state index contributed by atoms with van der Waals surface area (Å²) in [7, 11) is 1.68. The zero-order chi connectivity index (χ0) is 13.4. The van der Waals surface area contributed by atoms with E-state index in [1.807, 2.05) is 6.07 Å². The van der Waals surface area contributed by atoms with Crippen molar-refractivity contribution in [3.63, 3.8) is 0 Å². The molecular formula is C13H15ClN2O2. The molecule has 0 aromatic heterocycles. The normalized spacial score (nSPS) is 9.61. The number of amides is 1. The summed E-state index contributed by atoms with van der Waals surface area (Å²) in [5.74, 6) is 0.613. The van der Waals surface area contributed by atoms with E-state index in [0.29, 0.717) is 30.3 Å². The van der Waals surface area contributed by atoms with E-state index in [1.165, 1.54) is 4.90 Å². The van der Waals surface area contributed by atoms with Gasteiger partial charge in [0.15, 0.2) is 0 Å². The van der Waals surface area contributed by atoms with E-state index >= 15 is 0 Å². The van der Waals surface area contributed by atoms with Crippen LogP contribution in [0.2, 0.25) is 5.02 Å². The summed E-state index contributed by atoms with van der Waals surface area (Å²) < 4.78 is 5.42. The fourth-order valence-corrected chi connectivity index (χ4v) is 1.53. The van der Waals surface area contributed by atoms with Crippen molar-refractivity contribution in [2.75, 3.05) is 20.2 Å². The fraction of sp³-hybridized carbons (Fsp3) is 0.385. The number of carbonyl (C=O) groups is 1. The van der Waals surface area contributed by atoms with Crippen molar-refractivity contribution in [2.24, 2.45) is 0 Å². The van der Waals surface area contributed by atoms with Crippen molar-refractivity contribution >= 4 is 17.5 Å². The number of halogens is 1. The third-order valence-electron chi connectivity index (χ3n) is 2.37. The second-order valence-electron chi connectivity index (χ2n) is 3.78. The standard InChI is InChI=1S/C13H15ClN2O2/c1-16(8-3-7-15)13(17)6-9-18-12-5-2-4-11(14)10-12/h2,4-5,10H,3,6,8-9H2,1H3. The second kappa shape index (κ2) is 7.57. The summed E-state index contributed by atoms with van der Waals surface area (Å²) in [6.07, 6.45) is 0.631. The Morgan fingerprint density at radius 2 is 2.33 bits per heavy atom. The lowest BCUT2D eigenvalue weighted by Gasteiger charge is -2.15. The topological polar surface area (TPSA) is 53.3 Å². The van der Waals surface area contributed by atoms with Crippen LogP contribution in [0.3, 0.4) is 0 Å². The van der Waals surface area contributed by atoms with Gasteiger partial charge in [0.05, 0.1) is 25.5 Å². The highest BCUT2D eigenvalue weighted by Crippen LogP contribution is 2.17. The van der Waals surface area contributed by atoms with Crippen LogP contribution in [0.25, 0.3) is 0 Å². The summed E-state index contributed by atoms with van der Waals surface area (Å²) in [5.41, 5.74) is 0. The van der Waals surface area contributed by atoms with E-state index in [-0.39, 0.29) is 12.3 Å². The molecule has 0 aliphatic carbocycles. The van der Waals surface area contributed by atoms with Gasteiger partial charge in [-0.1, -0.05) is 17.7 Å². The van der Waals surface area contributed by atoms with E-state index in [2.05, 4.69) is 0 Å². The predicted octanol–water partition coefficient (Wildman–Crippen LogP) is 2.48. The molecule has 0 aliphatic heterocycles. The van der Waals surface area contributed by atoms with Gasteiger partial charge in [0.2, 0.25) is 5.91 Å². The van der Waals surface area contributed by atoms with Crippen LogP contribution in [-0.4, -0.2) is 31.0 Å². The molecular weight excluding hydrogens is 252 g/mol. The highest BCUT2D eigenvalue weighted by Gasteiger charge is 2.08. The molecule has 1 rings (SSSR count). The van der Waals surface area contributed by atoms with Crippen LogP contribution in [0, 0.1) is 11.3 Å². The van der Waals surface area contributed by atoms with Gasteiger partial charge in [-0.2, -0.15) is 5.26 Å². The number of carbonyl (C=O) groups excluding carboxylic acids is 1. The van der Waals surface area contributed by atoms with Gasteiger partial charge in [-0.3, -0.25) is 4.79 Å². The molecule has 1 aromatic carbocycles. The van der Waals surface area contributed by atoms with Gasteiger partial charge in [0, 0.05) is 18.6 Å². The molecule has 0 fully saturated rings. The van der Waals surface area contributed by atoms with Gasteiger partial charge >= 0.3 is 0 Å². The van der Waals surface area contributed by atoms with Gasteiger partial charge in [-0.15, -0.1) is 0 Å². The molecule has 5 heteroatoms. The largest absolute Gasteiger partial charge is 0.493 e. The van der Waals surface area contributed by atoms with Gasteiger partial charge in [0.25, 0.3) is 0 Å². The number of nitriles is 1. The number of hydrogen-bond acceptors (Lipinski definition) is 3. The molecule has 1 aromatic rings. The maximum absolute atomic E-state index is 11.6. The lowest BCUT2D eigenvalue weighted by Crippen LogP contribution is -2.28. The maximum atomic E-state index is 11.6. The molecule has 96 valence electrons. The van der Waals surface area contributed by atoms with E-state index in [4.69, 9.17) is 21.6 Å². The number of ether oxygens (including phenoxy) is 1. The highest BCUT2D eigenvalue weighted by molar-refractivity contribution is 6.30. The van der Waals surface area contributed by atoms with Crippen molar-refractivity contribution < 1.29 is 9.53 Å². The molecule has 4 nitrogen and oxygen atoms in total. The zero-order valence-corrected chi connectivity index (χ0v) is 11.0. The number of rotatable bonds is 6. The van der Waals surface area contributed by atoms with Crippen molar-refractivity contribution in [2.45, 2.75) is 12.8 Å². The van der Waals surface area contributed by atoms with Crippen LogP contribution >= 0.6 is 11.6 Å². The molecule has 0 saturated carbocycles. The molecule has 0 atom stereocenters. The second-order valence-corrected chi connectivity index (χ2v) is 4.22. The summed E-state index contributed by atoms with van der Waals surface area (Å²) >= 11 is 5.81. The van der Waals surface area contributed by atoms with Crippen LogP contribution in [0.4, 0.5) is 0 Å². The van der Waals surface area contributed by atoms with Gasteiger partial charge in [-0.05, 0) is 18.2 Å². The fourth-order valence-electron chi connectivity index (χ4n) is 1.35. The van der Waals surface area contributed by atoms with Crippen molar-refractivity contribution in [3.05, 3.63) is 29.3 Å². The van der Waals surface area contributed by atoms with Crippen LogP contribution in [-0.2, 0) is 4.79 Å². The van der Waals surface area contributed by atoms with E-state index in [0.717, 1.165) is 0 Å². The summed E-state index contributed by atoms with van der Waals surface area (Å²) in [5, 5.41) is 9.02. The van der Waals surface area contributed by atoms with Crippen LogP contribution in [0.1, 0.15) is 12.8 Å². The monoisotopic (exact) mass is 266 g/mol. The first kappa shape index (κ1) is 14.3. The SMILES string of the molecule is CN(CCC#N)C(=O)CCOc1cccc(Cl)c1. The molecule has 0 aliphatic rings. The van der Waals surface area contributed by atoms with Gasteiger partial charge in [0.1, 0.15) is 5.75 Å². The minimum Gasteiger partial charge on any atom is -0.493 e. The Morgan fingerprint density at radius 1 is 1.56 bits per heavy atom. The first-order valence-corrected chi connectivity index (χ1v) is 6.00. The Bertz CT molecular complexity index is 443. The van der Waals surface area contributed by atoms with E-state index in [9.17, 15) is 4.79 Å². The number of benzene rings is 1.